The van der Waals surface area contributed by atoms with Gasteiger partial charge in [-0.25, -0.2) is 13.2 Å². The lowest BCUT2D eigenvalue weighted by atomic mass is 10.3. The standard InChI is InChI=1S/C10H13NO6S2/c12-6-7-5-11(3-4-17-7)19(15,16)9-2-1-8(18-9)10(13)14/h1-2,7,12H,3-6H2,(H,13,14). The van der Waals surface area contributed by atoms with E-state index in [1.54, 1.807) is 0 Å². The number of aliphatic hydroxyl groups excluding tert-OH is 1. The van der Waals surface area contributed by atoms with Crippen molar-refractivity contribution in [3.05, 3.63) is 17.0 Å². The van der Waals surface area contributed by atoms with E-state index in [1.165, 1.54) is 16.4 Å². The molecule has 1 atom stereocenters. The lowest BCUT2D eigenvalue weighted by Crippen LogP contribution is -2.46. The molecule has 9 heteroatoms. The Hall–Kier alpha value is -1.00. The molecule has 1 aliphatic heterocycles. The van der Waals surface area contributed by atoms with Crippen LogP contribution in [0.25, 0.3) is 0 Å². The molecular formula is C10H13NO6S2. The predicted octanol–water partition coefficient (Wildman–Crippen LogP) is -0.172. The Bertz CT molecular complexity index is 566. The molecule has 1 unspecified atom stereocenters. The number of hydrogen-bond donors (Lipinski definition) is 2. The minimum Gasteiger partial charge on any atom is -0.477 e. The molecule has 0 aliphatic carbocycles. The number of carbonyl (C=O) groups is 1. The van der Waals surface area contributed by atoms with Crippen molar-refractivity contribution >= 4 is 27.3 Å². The van der Waals surface area contributed by atoms with Gasteiger partial charge in [0, 0.05) is 13.1 Å². The Kier molecular flexibility index (Phi) is 4.21. The summed E-state index contributed by atoms with van der Waals surface area (Å²) in [6.45, 7) is 0.219. The molecule has 0 saturated carbocycles. The fraction of sp³-hybridized carbons (Fsp3) is 0.500. The molecule has 0 spiro atoms. The van der Waals surface area contributed by atoms with Crippen molar-refractivity contribution in [3.63, 3.8) is 0 Å². The summed E-state index contributed by atoms with van der Waals surface area (Å²) in [6, 6.07) is 2.55. The van der Waals surface area contributed by atoms with Gasteiger partial charge in [0.1, 0.15) is 9.09 Å². The number of ether oxygens (including phenoxy) is 1. The molecule has 1 aromatic heterocycles. The van der Waals surface area contributed by atoms with Crippen LogP contribution in [0.2, 0.25) is 0 Å². The van der Waals surface area contributed by atoms with E-state index < -0.39 is 22.1 Å². The molecule has 0 amide bonds. The molecule has 0 radical (unpaired) electrons. The average Bonchev–Trinajstić information content (AvgIpc) is 2.89. The smallest absolute Gasteiger partial charge is 0.345 e. The summed E-state index contributed by atoms with van der Waals surface area (Å²) >= 11 is 0.718. The normalized spacial score (nSPS) is 21.4. The summed E-state index contributed by atoms with van der Waals surface area (Å²) in [5, 5.41) is 17.8. The van der Waals surface area contributed by atoms with Crippen molar-refractivity contribution < 1.29 is 28.2 Å². The van der Waals surface area contributed by atoms with Gasteiger partial charge in [-0.15, -0.1) is 11.3 Å². The maximum Gasteiger partial charge on any atom is 0.345 e. The van der Waals surface area contributed by atoms with Crippen LogP contribution in [-0.4, -0.2) is 61.3 Å². The van der Waals surface area contributed by atoms with Crippen LogP contribution >= 0.6 is 11.3 Å². The van der Waals surface area contributed by atoms with Crippen LogP contribution in [0.5, 0.6) is 0 Å². The van der Waals surface area contributed by atoms with E-state index in [0.29, 0.717) is 0 Å². The van der Waals surface area contributed by atoms with E-state index in [-0.39, 0.29) is 35.4 Å². The molecule has 2 heterocycles. The highest BCUT2D eigenvalue weighted by atomic mass is 32.2. The lowest BCUT2D eigenvalue weighted by molar-refractivity contribution is -0.0304. The van der Waals surface area contributed by atoms with Crippen molar-refractivity contribution in [1.29, 1.82) is 0 Å². The second-order valence-corrected chi connectivity index (χ2v) is 7.21. The number of nitrogens with zero attached hydrogens (tertiary/aromatic N) is 1. The molecule has 2 rings (SSSR count). The largest absolute Gasteiger partial charge is 0.477 e. The summed E-state index contributed by atoms with van der Waals surface area (Å²) in [6.07, 6.45) is -0.539. The number of carboxylic acid groups (broad SMARTS) is 1. The first-order valence-corrected chi connectivity index (χ1v) is 7.76. The molecular weight excluding hydrogens is 294 g/mol. The van der Waals surface area contributed by atoms with E-state index in [2.05, 4.69) is 0 Å². The number of morpholine rings is 1. The zero-order valence-corrected chi connectivity index (χ0v) is 11.5. The third-order valence-corrected chi connectivity index (χ3v) is 6.10. The highest BCUT2D eigenvalue weighted by molar-refractivity contribution is 7.91. The van der Waals surface area contributed by atoms with E-state index >= 15 is 0 Å². The SMILES string of the molecule is O=C(O)c1ccc(S(=O)(=O)N2CCOC(CO)C2)s1. The second-order valence-electron chi connectivity index (χ2n) is 3.96. The maximum absolute atomic E-state index is 12.3. The molecule has 0 bridgehead atoms. The summed E-state index contributed by atoms with van der Waals surface area (Å²) in [5.41, 5.74) is 0. The summed E-state index contributed by atoms with van der Waals surface area (Å²) in [7, 11) is -3.72. The molecule has 1 aliphatic rings. The number of carboxylic acids is 1. The van der Waals surface area contributed by atoms with Gasteiger partial charge in [-0.1, -0.05) is 0 Å². The van der Waals surface area contributed by atoms with Gasteiger partial charge < -0.3 is 14.9 Å². The van der Waals surface area contributed by atoms with Crippen LogP contribution in [0.3, 0.4) is 0 Å². The minimum absolute atomic E-state index is 0.0107. The molecule has 1 aromatic rings. The van der Waals surface area contributed by atoms with Crippen molar-refractivity contribution in [2.45, 2.75) is 10.3 Å². The zero-order chi connectivity index (χ0) is 14.0. The third kappa shape index (κ3) is 2.95. The van der Waals surface area contributed by atoms with Crippen LogP contribution < -0.4 is 0 Å². The highest BCUT2D eigenvalue weighted by Gasteiger charge is 2.31. The van der Waals surface area contributed by atoms with E-state index in [0.717, 1.165) is 11.3 Å². The number of thiophene rings is 1. The van der Waals surface area contributed by atoms with Gasteiger partial charge in [-0.05, 0) is 12.1 Å². The number of rotatable bonds is 4. The number of sulfonamides is 1. The van der Waals surface area contributed by atoms with Gasteiger partial charge in [0.15, 0.2) is 0 Å². The summed E-state index contributed by atoms with van der Waals surface area (Å²) < 4.78 is 31.0. The number of aromatic carboxylic acids is 1. The van der Waals surface area contributed by atoms with E-state index in [4.69, 9.17) is 14.9 Å². The molecule has 1 fully saturated rings. The topological polar surface area (TPSA) is 104 Å². The fourth-order valence-electron chi connectivity index (χ4n) is 1.72. The van der Waals surface area contributed by atoms with Gasteiger partial charge in [0.05, 0.1) is 19.3 Å². The maximum atomic E-state index is 12.3. The Morgan fingerprint density at radius 3 is 2.84 bits per heavy atom. The quantitative estimate of drug-likeness (QED) is 0.800. The first-order valence-electron chi connectivity index (χ1n) is 5.51. The molecule has 7 nitrogen and oxygen atoms in total. The Labute approximate surface area is 114 Å². The first-order chi connectivity index (χ1) is 8.95. The Morgan fingerprint density at radius 2 is 2.26 bits per heavy atom. The van der Waals surface area contributed by atoms with E-state index in [9.17, 15) is 13.2 Å². The molecule has 0 aromatic carbocycles. The van der Waals surface area contributed by atoms with Crippen molar-refractivity contribution in [1.82, 2.24) is 4.31 Å². The van der Waals surface area contributed by atoms with Crippen LogP contribution in [-0.2, 0) is 14.8 Å². The Balaban J connectivity index is 2.23. The Morgan fingerprint density at radius 1 is 1.53 bits per heavy atom. The van der Waals surface area contributed by atoms with Gasteiger partial charge in [0.2, 0.25) is 0 Å². The summed E-state index contributed by atoms with van der Waals surface area (Å²) in [5.74, 6) is -1.15. The fourth-order valence-corrected chi connectivity index (χ4v) is 4.48. The molecule has 106 valence electrons. The van der Waals surface area contributed by atoms with Crippen molar-refractivity contribution in [2.24, 2.45) is 0 Å². The van der Waals surface area contributed by atoms with Crippen molar-refractivity contribution in [2.75, 3.05) is 26.3 Å². The van der Waals surface area contributed by atoms with Crippen LogP contribution in [0.1, 0.15) is 9.67 Å². The third-order valence-electron chi connectivity index (χ3n) is 2.69. The number of hydrogen-bond acceptors (Lipinski definition) is 6. The predicted molar refractivity (Wildman–Crippen MR) is 66.9 cm³/mol. The van der Waals surface area contributed by atoms with Gasteiger partial charge in [-0.3, -0.25) is 0 Å². The monoisotopic (exact) mass is 307 g/mol. The number of aliphatic hydroxyl groups is 1. The van der Waals surface area contributed by atoms with Gasteiger partial charge in [0.25, 0.3) is 10.0 Å². The van der Waals surface area contributed by atoms with Gasteiger partial charge in [-0.2, -0.15) is 4.31 Å². The lowest BCUT2D eigenvalue weighted by Gasteiger charge is -2.30. The van der Waals surface area contributed by atoms with Crippen LogP contribution in [0.15, 0.2) is 16.3 Å². The molecule has 2 N–H and O–H groups in total. The van der Waals surface area contributed by atoms with Crippen LogP contribution in [0.4, 0.5) is 0 Å². The zero-order valence-electron chi connectivity index (χ0n) is 9.85. The molecule has 19 heavy (non-hydrogen) atoms. The van der Waals surface area contributed by atoms with E-state index in [1.807, 2.05) is 0 Å². The highest BCUT2D eigenvalue weighted by Crippen LogP contribution is 2.26. The van der Waals surface area contributed by atoms with Crippen molar-refractivity contribution in [3.8, 4) is 0 Å². The van der Waals surface area contributed by atoms with Crippen LogP contribution in [0, 0.1) is 0 Å². The average molecular weight is 307 g/mol. The second kappa shape index (κ2) is 5.55. The minimum atomic E-state index is -3.72. The summed E-state index contributed by atoms with van der Waals surface area (Å²) in [4.78, 5) is 10.7. The van der Waals surface area contributed by atoms with Gasteiger partial charge >= 0.3 is 5.97 Å². The molecule has 1 saturated heterocycles. The first kappa shape index (κ1) is 14.4.